The summed E-state index contributed by atoms with van der Waals surface area (Å²) < 4.78 is 47.5. The summed E-state index contributed by atoms with van der Waals surface area (Å²) in [6, 6.07) is 5.25. The zero-order chi connectivity index (χ0) is 21.7. The first-order chi connectivity index (χ1) is 14.2. The Morgan fingerprint density at radius 3 is 2.60 bits per heavy atom. The van der Waals surface area contributed by atoms with Crippen LogP contribution in [0, 0.1) is 0 Å². The van der Waals surface area contributed by atoms with E-state index in [4.69, 9.17) is 9.47 Å². The molecule has 0 saturated carbocycles. The molecule has 30 heavy (non-hydrogen) atoms. The number of carbonyl (C=O) groups excluding carboxylic acids is 1. The SMILES string of the molecule is COc1cc(CC2SC(N3CCN(C)CC3)=NC2=O)ccc1OCCCC(F)(F)F. The molecular weight excluding hydrogens is 419 g/mol. The Kier molecular flexibility index (Phi) is 7.51. The predicted molar refractivity (Wildman–Crippen MR) is 110 cm³/mol. The Labute approximate surface area is 178 Å². The molecular formula is C20H26F3N3O3S. The van der Waals surface area contributed by atoms with Crippen molar-refractivity contribution >= 4 is 22.8 Å². The fourth-order valence-corrected chi connectivity index (χ4v) is 4.43. The van der Waals surface area contributed by atoms with Crippen molar-refractivity contribution in [3.63, 3.8) is 0 Å². The van der Waals surface area contributed by atoms with Gasteiger partial charge in [0.15, 0.2) is 16.7 Å². The number of hydrogen-bond donors (Lipinski definition) is 0. The van der Waals surface area contributed by atoms with E-state index in [1.807, 2.05) is 6.07 Å². The van der Waals surface area contributed by atoms with Gasteiger partial charge in [-0.05, 0) is 37.6 Å². The number of hydrogen-bond acceptors (Lipinski definition) is 6. The van der Waals surface area contributed by atoms with Crippen LogP contribution in [0.5, 0.6) is 11.5 Å². The standard InChI is InChI=1S/C20H26F3N3O3S/c1-25-7-9-26(10-8-25)19-24-18(27)17(30-19)13-14-4-5-15(16(12-14)28-2)29-11-3-6-20(21,22)23/h4-5,12,17H,3,6-11,13H2,1-2H3. The molecule has 10 heteroatoms. The van der Waals surface area contributed by atoms with E-state index in [1.54, 1.807) is 12.1 Å². The van der Waals surface area contributed by atoms with Crippen molar-refractivity contribution in [2.24, 2.45) is 4.99 Å². The zero-order valence-corrected chi connectivity index (χ0v) is 17.9. The molecule has 0 aromatic heterocycles. The van der Waals surface area contributed by atoms with Gasteiger partial charge in [0.1, 0.15) is 0 Å². The van der Waals surface area contributed by atoms with Crippen molar-refractivity contribution in [3.05, 3.63) is 23.8 Å². The summed E-state index contributed by atoms with van der Waals surface area (Å²) in [5.41, 5.74) is 0.884. The van der Waals surface area contributed by atoms with Crippen molar-refractivity contribution < 1.29 is 27.4 Å². The molecule has 2 aliphatic rings. The van der Waals surface area contributed by atoms with Crippen LogP contribution in [0.2, 0.25) is 0 Å². The number of methoxy groups -OCH3 is 1. The highest BCUT2D eigenvalue weighted by atomic mass is 32.2. The second-order valence-corrected chi connectivity index (χ2v) is 8.56. The van der Waals surface area contributed by atoms with E-state index in [9.17, 15) is 18.0 Å². The number of amidine groups is 1. The third-order valence-corrected chi connectivity index (χ3v) is 6.23. The topological polar surface area (TPSA) is 54.4 Å². The molecule has 6 nitrogen and oxygen atoms in total. The van der Waals surface area contributed by atoms with Gasteiger partial charge in [0.2, 0.25) is 0 Å². The minimum Gasteiger partial charge on any atom is -0.493 e. The van der Waals surface area contributed by atoms with Crippen LogP contribution in [0.15, 0.2) is 23.2 Å². The molecule has 166 valence electrons. The quantitative estimate of drug-likeness (QED) is 0.601. The zero-order valence-electron chi connectivity index (χ0n) is 17.1. The second-order valence-electron chi connectivity index (χ2n) is 7.39. The number of ether oxygens (including phenoxy) is 2. The van der Waals surface area contributed by atoms with Gasteiger partial charge >= 0.3 is 6.18 Å². The highest BCUT2D eigenvalue weighted by Crippen LogP contribution is 2.33. The van der Waals surface area contributed by atoms with Gasteiger partial charge in [-0.25, -0.2) is 0 Å². The lowest BCUT2D eigenvalue weighted by molar-refractivity contribution is -0.136. The number of aliphatic imine (C=N–C) groups is 1. The lowest BCUT2D eigenvalue weighted by Gasteiger charge is -2.33. The molecule has 1 amide bonds. The molecule has 0 spiro atoms. The van der Waals surface area contributed by atoms with Crippen molar-refractivity contribution in [1.82, 2.24) is 9.80 Å². The summed E-state index contributed by atoms with van der Waals surface area (Å²) in [4.78, 5) is 21.0. The van der Waals surface area contributed by atoms with Crippen LogP contribution in [-0.4, -0.2) is 79.2 Å². The van der Waals surface area contributed by atoms with Crippen LogP contribution >= 0.6 is 11.8 Å². The van der Waals surface area contributed by atoms with Crippen molar-refractivity contribution in [3.8, 4) is 11.5 Å². The van der Waals surface area contributed by atoms with E-state index in [0.29, 0.717) is 17.9 Å². The summed E-state index contributed by atoms with van der Waals surface area (Å²) in [6.45, 7) is 3.56. The minimum absolute atomic E-state index is 0.0472. The summed E-state index contributed by atoms with van der Waals surface area (Å²) in [7, 11) is 3.55. The number of piperazine rings is 1. The average molecular weight is 446 g/mol. The highest BCUT2D eigenvalue weighted by molar-refractivity contribution is 8.15. The number of alkyl halides is 3. The molecule has 0 N–H and O–H groups in total. The Bertz CT molecular complexity index is 780. The number of halogens is 3. The van der Waals surface area contributed by atoms with Crippen molar-refractivity contribution in [2.45, 2.75) is 30.7 Å². The van der Waals surface area contributed by atoms with Gasteiger partial charge in [-0.3, -0.25) is 4.79 Å². The number of thioether (sulfide) groups is 1. The maximum atomic E-state index is 12.4. The van der Waals surface area contributed by atoms with Crippen LogP contribution in [-0.2, 0) is 11.2 Å². The lowest BCUT2D eigenvalue weighted by Crippen LogP contribution is -2.46. The third-order valence-electron chi connectivity index (χ3n) is 5.01. The van der Waals surface area contributed by atoms with E-state index in [-0.39, 0.29) is 24.2 Å². The van der Waals surface area contributed by atoms with Crippen LogP contribution in [0.3, 0.4) is 0 Å². The maximum absolute atomic E-state index is 12.4. The van der Waals surface area contributed by atoms with E-state index in [2.05, 4.69) is 21.8 Å². The number of likely N-dealkylation sites (N-methyl/N-ethyl adjacent to an activating group) is 1. The molecule has 0 bridgehead atoms. The van der Waals surface area contributed by atoms with Gasteiger partial charge in [-0.15, -0.1) is 0 Å². The molecule has 2 aliphatic heterocycles. The predicted octanol–water partition coefficient (Wildman–Crippen LogP) is 3.20. The summed E-state index contributed by atoms with van der Waals surface area (Å²) >= 11 is 1.49. The summed E-state index contributed by atoms with van der Waals surface area (Å²) in [5, 5.41) is 0.498. The largest absolute Gasteiger partial charge is 0.493 e. The Balaban J connectivity index is 1.55. The fraction of sp³-hybridized carbons (Fsp3) is 0.600. The first-order valence-corrected chi connectivity index (χ1v) is 10.7. The number of nitrogens with zero attached hydrogens (tertiary/aromatic N) is 3. The van der Waals surface area contributed by atoms with Gasteiger partial charge in [-0.1, -0.05) is 17.8 Å². The molecule has 1 aromatic carbocycles. The molecule has 1 atom stereocenters. The number of benzene rings is 1. The maximum Gasteiger partial charge on any atom is 0.389 e. The monoisotopic (exact) mass is 445 g/mol. The average Bonchev–Trinajstić information content (AvgIpc) is 3.06. The summed E-state index contributed by atoms with van der Waals surface area (Å²) in [5.74, 6) is 0.693. The normalized spacial score (nSPS) is 20.4. The third kappa shape index (κ3) is 6.28. The first kappa shape index (κ1) is 22.7. The van der Waals surface area contributed by atoms with E-state index in [0.717, 1.165) is 36.9 Å². The van der Waals surface area contributed by atoms with Crippen molar-refractivity contribution in [2.75, 3.05) is 46.9 Å². The van der Waals surface area contributed by atoms with Gasteiger partial charge in [0, 0.05) is 32.6 Å². The van der Waals surface area contributed by atoms with Crippen LogP contribution < -0.4 is 9.47 Å². The minimum atomic E-state index is -4.19. The van der Waals surface area contributed by atoms with Crippen LogP contribution in [0.25, 0.3) is 0 Å². The number of rotatable bonds is 7. The molecule has 1 fully saturated rings. The van der Waals surface area contributed by atoms with E-state index < -0.39 is 12.6 Å². The molecule has 1 aromatic rings. The second kappa shape index (κ2) is 9.91. The van der Waals surface area contributed by atoms with Gasteiger partial charge in [0.05, 0.1) is 19.0 Å². The van der Waals surface area contributed by atoms with Gasteiger partial charge < -0.3 is 19.3 Å². The molecule has 1 unspecified atom stereocenters. The Morgan fingerprint density at radius 1 is 1.20 bits per heavy atom. The first-order valence-electron chi connectivity index (χ1n) is 9.84. The smallest absolute Gasteiger partial charge is 0.389 e. The van der Waals surface area contributed by atoms with E-state index in [1.165, 1.54) is 18.9 Å². The highest BCUT2D eigenvalue weighted by Gasteiger charge is 2.32. The Morgan fingerprint density at radius 2 is 1.93 bits per heavy atom. The van der Waals surface area contributed by atoms with Gasteiger partial charge in [-0.2, -0.15) is 18.2 Å². The molecule has 0 aliphatic carbocycles. The van der Waals surface area contributed by atoms with Crippen LogP contribution in [0.1, 0.15) is 18.4 Å². The van der Waals surface area contributed by atoms with E-state index >= 15 is 0 Å². The number of amides is 1. The summed E-state index contributed by atoms with van der Waals surface area (Å²) in [6.07, 6.45) is -4.69. The van der Waals surface area contributed by atoms with Crippen LogP contribution in [0.4, 0.5) is 13.2 Å². The molecule has 3 rings (SSSR count). The number of carbonyl (C=O) groups is 1. The molecule has 0 radical (unpaired) electrons. The van der Waals surface area contributed by atoms with Gasteiger partial charge in [0.25, 0.3) is 5.91 Å². The lowest BCUT2D eigenvalue weighted by atomic mass is 10.1. The molecule has 2 heterocycles. The Hall–Kier alpha value is -1.94. The fourth-order valence-electron chi connectivity index (χ4n) is 3.27. The molecule has 1 saturated heterocycles. The van der Waals surface area contributed by atoms with Crippen molar-refractivity contribution in [1.29, 1.82) is 0 Å².